The van der Waals surface area contributed by atoms with Crippen LogP contribution in [0.2, 0.25) is 0 Å². The molecule has 2 heterocycles. The highest BCUT2D eigenvalue weighted by molar-refractivity contribution is 5.95. The van der Waals surface area contributed by atoms with Crippen LogP contribution in [-0.2, 0) is 17.8 Å². The van der Waals surface area contributed by atoms with Gasteiger partial charge >= 0.3 is 0 Å². The van der Waals surface area contributed by atoms with E-state index in [1.807, 2.05) is 51.1 Å². The normalized spacial score (nSPS) is 16.1. The minimum atomic E-state index is -0.686. The van der Waals surface area contributed by atoms with Crippen molar-refractivity contribution in [1.29, 1.82) is 0 Å². The first-order valence-electron chi connectivity index (χ1n) is 11.1. The summed E-state index contributed by atoms with van der Waals surface area (Å²) in [4.78, 5) is 29.9. The Morgan fingerprint density at radius 3 is 2.61 bits per heavy atom. The van der Waals surface area contributed by atoms with Gasteiger partial charge in [-0.25, -0.2) is 9.37 Å². The number of hydrogen-bond acceptors (Lipinski definition) is 4. The average Bonchev–Trinajstić information content (AvgIpc) is 2.94. The molecule has 0 spiro atoms. The molecule has 1 amide bonds. The summed E-state index contributed by atoms with van der Waals surface area (Å²) in [7, 11) is 0. The third-order valence-corrected chi connectivity index (χ3v) is 5.81. The molecule has 1 aromatic heterocycles. The molecule has 31 heavy (non-hydrogen) atoms. The number of carbonyl (C=O) groups excluding carboxylic acids is 2. The van der Waals surface area contributed by atoms with Gasteiger partial charge in [0.25, 0.3) is 5.91 Å². The van der Waals surface area contributed by atoms with Crippen LogP contribution in [0, 0.1) is 5.41 Å². The number of amides is 1. The minimum Gasteiger partial charge on any atom is -0.345 e. The monoisotopic (exact) mass is 428 g/mol. The fraction of sp³-hybridized carbons (Fsp3) is 0.542. The first-order chi connectivity index (χ1) is 14.9. The number of carbonyl (C=O) groups is 2. The van der Waals surface area contributed by atoms with Crippen LogP contribution in [0.15, 0.2) is 30.3 Å². The molecule has 1 aromatic carbocycles. The number of nitrogens with one attached hydrogen (secondary N) is 2. The number of hydrogen-bond donors (Lipinski definition) is 2. The Morgan fingerprint density at radius 1 is 1.23 bits per heavy atom. The summed E-state index contributed by atoms with van der Waals surface area (Å²) in [6, 6.07) is 8.71. The number of aldehydes is 1. The zero-order valence-corrected chi connectivity index (χ0v) is 18.7. The second-order valence-corrected chi connectivity index (χ2v) is 9.18. The quantitative estimate of drug-likeness (QED) is 0.631. The van der Waals surface area contributed by atoms with E-state index in [0.717, 1.165) is 55.6 Å². The van der Waals surface area contributed by atoms with Crippen molar-refractivity contribution in [1.82, 2.24) is 20.2 Å². The van der Waals surface area contributed by atoms with Crippen LogP contribution in [0.3, 0.4) is 0 Å². The molecule has 2 aromatic rings. The van der Waals surface area contributed by atoms with Crippen molar-refractivity contribution >= 4 is 12.2 Å². The van der Waals surface area contributed by atoms with E-state index in [1.165, 1.54) is 0 Å². The Hall–Kier alpha value is -2.54. The molecule has 0 aliphatic carbocycles. The van der Waals surface area contributed by atoms with E-state index in [4.69, 9.17) is 4.98 Å². The maximum atomic E-state index is 13.4. The van der Waals surface area contributed by atoms with Gasteiger partial charge in [0, 0.05) is 18.7 Å². The maximum Gasteiger partial charge on any atom is 0.272 e. The lowest BCUT2D eigenvalue weighted by molar-refractivity contribution is -0.110. The van der Waals surface area contributed by atoms with Crippen molar-refractivity contribution in [3.8, 4) is 11.4 Å². The molecule has 1 aliphatic heterocycles. The van der Waals surface area contributed by atoms with Crippen molar-refractivity contribution in [3.05, 3.63) is 41.7 Å². The molecule has 0 saturated carbocycles. The van der Waals surface area contributed by atoms with E-state index in [-0.39, 0.29) is 12.5 Å². The van der Waals surface area contributed by atoms with Crippen molar-refractivity contribution in [2.75, 3.05) is 13.2 Å². The molecule has 0 radical (unpaired) electrons. The van der Waals surface area contributed by atoms with Gasteiger partial charge in [-0.3, -0.25) is 4.79 Å². The highest BCUT2D eigenvalue weighted by Crippen LogP contribution is 2.28. The van der Waals surface area contributed by atoms with Crippen LogP contribution in [0.5, 0.6) is 0 Å². The maximum absolute atomic E-state index is 13.4. The number of alkyl halides is 1. The molecule has 0 bridgehead atoms. The van der Waals surface area contributed by atoms with E-state index < -0.39 is 24.2 Å². The lowest BCUT2D eigenvalue weighted by Crippen LogP contribution is -2.57. The Morgan fingerprint density at radius 2 is 1.97 bits per heavy atom. The molecule has 7 heteroatoms. The number of aromatic nitrogens is 2. The van der Waals surface area contributed by atoms with Crippen LogP contribution in [0.25, 0.3) is 11.4 Å². The van der Waals surface area contributed by atoms with Gasteiger partial charge < -0.3 is 20.0 Å². The Balaban J connectivity index is 1.96. The first kappa shape index (κ1) is 23.1. The fourth-order valence-electron chi connectivity index (χ4n) is 4.23. The molecule has 6 nitrogen and oxygen atoms in total. The van der Waals surface area contributed by atoms with Crippen molar-refractivity contribution in [2.24, 2.45) is 5.41 Å². The molecule has 3 rings (SSSR count). The van der Waals surface area contributed by atoms with Gasteiger partial charge in [-0.1, -0.05) is 57.5 Å². The van der Waals surface area contributed by atoms with Gasteiger partial charge in [0.2, 0.25) is 0 Å². The van der Waals surface area contributed by atoms with Gasteiger partial charge in [0.05, 0.1) is 17.8 Å². The summed E-state index contributed by atoms with van der Waals surface area (Å²) < 4.78 is 14.9. The van der Waals surface area contributed by atoms with Crippen molar-refractivity contribution in [2.45, 2.75) is 65.1 Å². The van der Waals surface area contributed by atoms with Crippen LogP contribution in [-0.4, -0.2) is 47.0 Å². The van der Waals surface area contributed by atoms with E-state index in [2.05, 4.69) is 15.2 Å². The molecule has 2 atom stereocenters. The van der Waals surface area contributed by atoms with Gasteiger partial charge in [-0.05, 0) is 24.7 Å². The molecule has 1 aliphatic rings. The second kappa shape index (κ2) is 10.2. The van der Waals surface area contributed by atoms with Crippen LogP contribution >= 0.6 is 0 Å². The number of fused-ring (bicyclic) bond motifs is 1. The van der Waals surface area contributed by atoms with E-state index in [1.54, 1.807) is 0 Å². The molecule has 2 N–H and O–H groups in total. The zero-order valence-electron chi connectivity index (χ0n) is 18.7. The number of imidazole rings is 1. The molecular formula is C24H33FN4O2. The molecule has 168 valence electrons. The van der Waals surface area contributed by atoms with Gasteiger partial charge in [-0.15, -0.1) is 0 Å². The molecule has 2 unspecified atom stereocenters. The molecule has 0 fully saturated rings. The highest BCUT2D eigenvalue weighted by atomic mass is 19.1. The zero-order chi connectivity index (χ0) is 22.4. The van der Waals surface area contributed by atoms with E-state index >= 15 is 0 Å². The third kappa shape index (κ3) is 5.39. The summed E-state index contributed by atoms with van der Waals surface area (Å²) in [6.07, 6.45) is 4.71. The number of nitrogens with zero attached hydrogens (tertiary/aromatic N) is 2. The summed E-state index contributed by atoms with van der Waals surface area (Å²) in [5, 5.41) is 5.94. The standard InChI is InChI=1S/C24H33FN4O2/c1-24(2,3)21(18(16-30)26-14-13-25)28-23(31)20-19-12-8-5-9-15-29(19)22(27-20)17-10-6-4-7-11-17/h4,6-7,10-11,16,18,21,26H,5,8-9,12-15H2,1-3H3,(H,28,31). The van der Waals surface area contributed by atoms with Crippen LogP contribution in [0.4, 0.5) is 4.39 Å². The Labute approximate surface area is 183 Å². The predicted octanol–water partition coefficient (Wildman–Crippen LogP) is 3.55. The number of halogens is 1. The third-order valence-electron chi connectivity index (χ3n) is 5.81. The number of benzene rings is 1. The van der Waals surface area contributed by atoms with Gasteiger partial charge in [0.1, 0.15) is 24.5 Å². The average molecular weight is 429 g/mol. The van der Waals surface area contributed by atoms with Crippen molar-refractivity contribution in [3.63, 3.8) is 0 Å². The molecule has 0 saturated heterocycles. The van der Waals surface area contributed by atoms with Crippen LogP contribution in [0.1, 0.15) is 56.2 Å². The summed E-state index contributed by atoms with van der Waals surface area (Å²) in [6.45, 7) is 6.17. The smallest absolute Gasteiger partial charge is 0.272 e. The predicted molar refractivity (Wildman–Crippen MR) is 120 cm³/mol. The second-order valence-electron chi connectivity index (χ2n) is 9.18. The summed E-state index contributed by atoms with van der Waals surface area (Å²) >= 11 is 0. The fourth-order valence-corrected chi connectivity index (χ4v) is 4.23. The minimum absolute atomic E-state index is 0.0594. The first-order valence-corrected chi connectivity index (χ1v) is 11.1. The van der Waals surface area contributed by atoms with E-state index in [0.29, 0.717) is 5.69 Å². The summed E-state index contributed by atoms with van der Waals surface area (Å²) in [5.74, 6) is 0.513. The van der Waals surface area contributed by atoms with Gasteiger partial charge in [0.15, 0.2) is 0 Å². The Kier molecular flexibility index (Phi) is 7.59. The van der Waals surface area contributed by atoms with Gasteiger partial charge in [-0.2, -0.15) is 0 Å². The van der Waals surface area contributed by atoms with E-state index in [9.17, 15) is 14.0 Å². The summed E-state index contributed by atoms with van der Waals surface area (Å²) in [5.41, 5.74) is 1.93. The SMILES string of the molecule is CC(C)(C)C(NC(=O)c1nc(-c2ccccc2)n2c1CCCCC2)C(C=O)NCCF. The van der Waals surface area contributed by atoms with Crippen molar-refractivity contribution < 1.29 is 14.0 Å². The number of rotatable bonds is 8. The largest absolute Gasteiger partial charge is 0.345 e. The lowest BCUT2D eigenvalue weighted by Gasteiger charge is -2.35. The van der Waals surface area contributed by atoms with Crippen LogP contribution < -0.4 is 10.6 Å². The molecular weight excluding hydrogens is 395 g/mol. The topological polar surface area (TPSA) is 76.0 Å². The Bertz CT molecular complexity index is 889. The highest BCUT2D eigenvalue weighted by Gasteiger charge is 2.35. The lowest BCUT2D eigenvalue weighted by atomic mass is 9.82.